The first-order chi connectivity index (χ1) is 7.88. The molecular formula is C11H14F3IN2. The molecule has 0 bridgehead atoms. The van der Waals surface area contributed by atoms with Gasteiger partial charge in [0.2, 0.25) is 0 Å². The predicted octanol–water partition coefficient (Wildman–Crippen LogP) is 4.02. The summed E-state index contributed by atoms with van der Waals surface area (Å²) in [5.41, 5.74) is 7.15. The third kappa shape index (κ3) is 5.99. The molecule has 0 aliphatic rings. The zero-order valence-corrected chi connectivity index (χ0v) is 11.3. The van der Waals surface area contributed by atoms with Crippen molar-refractivity contribution in [3.05, 3.63) is 21.8 Å². The van der Waals surface area contributed by atoms with E-state index in [1.165, 1.54) is 0 Å². The fourth-order valence-corrected chi connectivity index (χ4v) is 1.88. The first-order valence-corrected chi connectivity index (χ1v) is 6.32. The molecule has 0 heterocycles. The Bertz CT molecular complexity index is 366. The Morgan fingerprint density at radius 3 is 2.53 bits per heavy atom. The number of unbranched alkanes of at least 4 members (excludes halogenated alkanes) is 1. The summed E-state index contributed by atoms with van der Waals surface area (Å²) < 4.78 is 36.6. The number of benzene rings is 1. The van der Waals surface area contributed by atoms with Gasteiger partial charge < -0.3 is 11.1 Å². The molecule has 0 fully saturated rings. The second-order valence-corrected chi connectivity index (χ2v) is 4.98. The maximum Gasteiger partial charge on any atom is 0.389 e. The van der Waals surface area contributed by atoms with Crippen molar-refractivity contribution in [2.24, 2.45) is 0 Å². The summed E-state index contributed by atoms with van der Waals surface area (Å²) in [5.74, 6) is 0. The fraction of sp³-hybridized carbons (Fsp3) is 0.455. The van der Waals surface area contributed by atoms with E-state index in [0.29, 0.717) is 18.7 Å². The smallest absolute Gasteiger partial charge is 0.389 e. The standard InChI is InChI=1S/C11H14F3IN2/c12-11(13,14)5-1-2-6-17-10-4-3-8(15)7-9(10)16/h3-4,7,17H,1-2,5-6,16H2. The van der Waals surface area contributed by atoms with Gasteiger partial charge in [-0.1, -0.05) is 0 Å². The highest BCUT2D eigenvalue weighted by Crippen LogP contribution is 2.23. The predicted molar refractivity (Wildman–Crippen MR) is 72.0 cm³/mol. The van der Waals surface area contributed by atoms with Gasteiger partial charge in [0, 0.05) is 16.5 Å². The van der Waals surface area contributed by atoms with Crippen LogP contribution in [0.2, 0.25) is 0 Å². The van der Waals surface area contributed by atoms with E-state index in [1.54, 1.807) is 0 Å². The van der Waals surface area contributed by atoms with Crippen molar-refractivity contribution in [2.75, 3.05) is 17.6 Å². The number of alkyl halides is 3. The van der Waals surface area contributed by atoms with Crippen LogP contribution >= 0.6 is 22.6 Å². The first kappa shape index (κ1) is 14.4. The van der Waals surface area contributed by atoms with Gasteiger partial charge in [-0.05, 0) is 53.6 Å². The lowest BCUT2D eigenvalue weighted by molar-refractivity contribution is -0.135. The molecule has 0 aliphatic carbocycles. The van der Waals surface area contributed by atoms with Gasteiger partial charge in [-0.25, -0.2) is 0 Å². The summed E-state index contributed by atoms with van der Waals surface area (Å²) in [4.78, 5) is 0. The molecule has 0 unspecified atom stereocenters. The van der Waals surface area contributed by atoms with Crippen molar-refractivity contribution in [2.45, 2.75) is 25.4 Å². The monoisotopic (exact) mass is 358 g/mol. The van der Waals surface area contributed by atoms with E-state index in [0.717, 1.165) is 9.26 Å². The molecule has 0 spiro atoms. The Morgan fingerprint density at radius 2 is 1.94 bits per heavy atom. The molecule has 0 saturated carbocycles. The summed E-state index contributed by atoms with van der Waals surface area (Å²) in [6, 6.07) is 5.55. The minimum Gasteiger partial charge on any atom is -0.397 e. The van der Waals surface area contributed by atoms with Crippen LogP contribution in [-0.2, 0) is 0 Å². The van der Waals surface area contributed by atoms with Crippen LogP contribution in [0.1, 0.15) is 19.3 Å². The van der Waals surface area contributed by atoms with Crippen LogP contribution < -0.4 is 11.1 Å². The van der Waals surface area contributed by atoms with Gasteiger partial charge in [-0.2, -0.15) is 13.2 Å². The summed E-state index contributed by atoms with van der Waals surface area (Å²) in [6.07, 6.45) is -4.16. The molecule has 0 aromatic heterocycles. The molecule has 0 aliphatic heterocycles. The average molecular weight is 358 g/mol. The van der Waals surface area contributed by atoms with E-state index >= 15 is 0 Å². The van der Waals surface area contributed by atoms with E-state index < -0.39 is 12.6 Å². The molecule has 1 rings (SSSR count). The molecule has 3 N–H and O–H groups in total. The third-order valence-electron chi connectivity index (χ3n) is 2.22. The highest BCUT2D eigenvalue weighted by atomic mass is 127. The minimum absolute atomic E-state index is 0.140. The van der Waals surface area contributed by atoms with Crippen LogP contribution in [0.25, 0.3) is 0 Å². The van der Waals surface area contributed by atoms with Crippen molar-refractivity contribution >= 4 is 34.0 Å². The quantitative estimate of drug-likeness (QED) is 0.474. The number of nitrogens with one attached hydrogen (secondary N) is 1. The topological polar surface area (TPSA) is 38.0 Å². The van der Waals surface area contributed by atoms with Gasteiger partial charge in [0.05, 0.1) is 11.4 Å². The molecule has 0 atom stereocenters. The van der Waals surface area contributed by atoms with E-state index in [9.17, 15) is 13.2 Å². The molecule has 0 saturated heterocycles. The van der Waals surface area contributed by atoms with Crippen LogP contribution in [0.5, 0.6) is 0 Å². The number of nitrogens with two attached hydrogens (primary N) is 1. The molecular weight excluding hydrogens is 344 g/mol. The van der Waals surface area contributed by atoms with Crippen molar-refractivity contribution in [3.8, 4) is 0 Å². The summed E-state index contributed by atoms with van der Waals surface area (Å²) in [7, 11) is 0. The number of nitrogen functional groups attached to an aromatic ring is 1. The van der Waals surface area contributed by atoms with E-state index in [1.807, 2.05) is 18.2 Å². The summed E-state index contributed by atoms with van der Waals surface area (Å²) >= 11 is 2.15. The number of hydrogen-bond donors (Lipinski definition) is 2. The Labute approximate surface area is 112 Å². The van der Waals surface area contributed by atoms with Gasteiger partial charge >= 0.3 is 6.18 Å². The maximum absolute atomic E-state index is 11.9. The second kappa shape index (κ2) is 6.32. The van der Waals surface area contributed by atoms with Crippen molar-refractivity contribution in [1.82, 2.24) is 0 Å². The number of hydrogen-bond acceptors (Lipinski definition) is 2. The van der Waals surface area contributed by atoms with Crippen LogP contribution in [0.4, 0.5) is 24.5 Å². The van der Waals surface area contributed by atoms with Crippen molar-refractivity contribution < 1.29 is 13.2 Å². The fourth-order valence-electron chi connectivity index (χ4n) is 1.37. The minimum atomic E-state index is -4.05. The molecule has 0 radical (unpaired) electrons. The Morgan fingerprint density at radius 1 is 1.24 bits per heavy atom. The zero-order valence-electron chi connectivity index (χ0n) is 9.15. The zero-order chi connectivity index (χ0) is 12.9. The largest absolute Gasteiger partial charge is 0.397 e. The van der Waals surface area contributed by atoms with Gasteiger partial charge in [0.25, 0.3) is 0 Å². The van der Waals surface area contributed by atoms with Crippen molar-refractivity contribution in [1.29, 1.82) is 0 Å². The van der Waals surface area contributed by atoms with Crippen LogP contribution in [0.3, 0.4) is 0 Å². The molecule has 1 aromatic rings. The number of rotatable bonds is 5. The summed E-state index contributed by atoms with van der Waals surface area (Å²) in [5, 5.41) is 3.03. The van der Waals surface area contributed by atoms with Gasteiger partial charge in [0.15, 0.2) is 0 Å². The molecule has 1 aromatic carbocycles. The van der Waals surface area contributed by atoms with Gasteiger partial charge in [0.1, 0.15) is 0 Å². The first-order valence-electron chi connectivity index (χ1n) is 5.24. The Kier molecular flexibility index (Phi) is 5.35. The number of anilines is 2. The highest BCUT2D eigenvalue weighted by molar-refractivity contribution is 14.1. The Balaban J connectivity index is 2.27. The third-order valence-corrected chi connectivity index (χ3v) is 2.89. The van der Waals surface area contributed by atoms with E-state index in [-0.39, 0.29) is 6.42 Å². The maximum atomic E-state index is 11.9. The molecule has 2 nitrogen and oxygen atoms in total. The van der Waals surface area contributed by atoms with E-state index in [4.69, 9.17) is 5.73 Å². The Hall–Kier alpha value is -0.660. The van der Waals surface area contributed by atoms with Crippen molar-refractivity contribution in [3.63, 3.8) is 0 Å². The lowest BCUT2D eigenvalue weighted by Gasteiger charge is -2.10. The normalized spacial score (nSPS) is 11.5. The second-order valence-electron chi connectivity index (χ2n) is 3.73. The van der Waals surface area contributed by atoms with Crippen LogP contribution in [0, 0.1) is 3.57 Å². The number of halogens is 4. The molecule has 17 heavy (non-hydrogen) atoms. The highest BCUT2D eigenvalue weighted by Gasteiger charge is 2.25. The molecule has 96 valence electrons. The lowest BCUT2D eigenvalue weighted by atomic mass is 10.2. The SMILES string of the molecule is Nc1cc(I)ccc1NCCCCC(F)(F)F. The lowest BCUT2D eigenvalue weighted by Crippen LogP contribution is -2.09. The van der Waals surface area contributed by atoms with Gasteiger partial charge in [-0.15, -0.1) is 0 Å². The van der Waals surface area contributed by atoms with Crippen LogP contribution in [-0.4, -0.2) is 12.7 Å². The molecule has 0 amide bonds. The molecule has 6 heteroatoms. The van der Waals surface area contributed by atoms with E-state index in [2.05, 4.69) is 27.9 Å². The van der Waals surface area contributed by atoms with Crippen LogP contribution in [0.15, 0.2) is 18.2 Å². The average Bonchev–Trinajstić information content (AvgIpc) is 2.18. The summed E-state index contributed by atoms with van der Waals surface area (Å²) in [6.45, 7) is 0.501. The van der Waals surface area contributed by atoms with Gasteiger partial charge in [-0.3, -0.25) is 0 Å².